The molecule has 1 unspecified atom stereocenters. The van der Waals surface area contributed by atoms with Crippen LogP contribution in [0.5, 0.6) is 0 Å². The maximum atomic E-state index is 13.9. The number of Topliss-reactive ketones (excluding diaryl/α,β-unsaturated/α-hetero) is 2. The average molecular weight is 474 g/mol. The molecule has 6 nitrogen and oxygen atoms in total. The van der Waals surface area contributed by atoms with Crippen molar-refractivity contribution in [3.05, 3.63) is 107 Å². The van der Waals surface area contributed by atoms with Crippen LogP contribution in [0.15, 0.2) is 72.8 Å². The Hall–Kier alpha value is -4.46. The normalized spacial score (nSPS) is 12.1. The highest BCUT2D eigenvalue weighted by atomic mass is 19.1. The predicted octanol–water partition coefficient (Wildman–Crippen LogP) is 5.27. The quantitative estimate of drug-likeness (QED) is 0.163. The van der Waals surface area contributed by atoms with Gasteiger partial charge in [0.1, 0.15) is 23.4 Å². The third-order valence-electron chi connectivity index (χ3n) is 5.22. The zero-order valence-electron chi connectivity index (χ0n) is 18.6. The van der Waals surface area contributed by atoms with Crippen LogP contribution in [0.3, 0.4) is 0 Å². The molecule has 0 bridgehead atoms. The topological polar surface area (TPSA) is 89.1 Å². The predicted molar refractivity (Wildman–Crippen MR) is 126 cm³/mol. The maximum absolute atomic E-state index is 13.9. The lowest BCUT2D eigenvalue weighted by Crippen LogP contribution is -2.24. The number of ether oxygens (including phenoxy) is 1. The largest absolute Gasteiger partial charge is 0.463 e. The van der Waals surface area contributed by atoms with Crippen LogP contribution >= 0.6 is 0 Å². The molecule has 1 aromatic heterocycles. The Morgan fingerprint density at radius 2 is 1.66 bits per heavy atom. The van der Waals surface area contributed by atoms with Crippen molar-refractivity contribution in [2.75, 3.05) is 6.61 Å². The first-order valence-electron chi connectivity index (χ1n) is 10.8. The lowest BCUT2D eigenvalue weighted by atomic mass is 9.88. The zero-order valence-corrected chi connectivity index (χ0v) is 18.6. The Morgan fingerprint density at radius 3 is 2.37 bits per heavy atom. The molecule has 0 aliphatic heterocycles. The number of hydrogen-bond acceptors (Lipinski definition) is 5. The highest BCUT2D eigenvalue weighted by molar-refractivity contribution is 6.20. The molecule has 0 radical (unpaired) electrons. The van der Waals surface area contributed by atoms with Gasteiger partial charge >= 0.3 is 5.97 Å². The number of halogens is 2. The molecule has 0 saturated carbocycles. The van der Waals surface area contributed by atoms with Gasteiger partial charge < -0.3 is 9.72 Å². The van der Waals surface area contributed by atoms with E-state index in [1.165, 1.54) is 24.3 Å². The third kappa shape index (κ3) is 5.38. The number of aromatic nitrogens is 2. The molecule has 1 heterocycles. The maximum Gasteiger partial charge on any atom is 0.330 e. The summed E-state index contributed by atoms with van der Waals surface area (Å²) in [6.07, 6.45) is 2.71. The van der Waals surface area contributed by atoms with E-state index in [4.69, 9.17) is 4.74 Å². The van der Waals surface area contributed by atoms with Crippen molar-refractivity contribution >= 4 is 34.6 Å². The Kier molecular flexibility index (Phi) is 6.91. The molecule has 0 amide bonds. The van der Waals surface area contributed by atoms with Crippen LogP contribution in [0, 0.1) is 11.6 Å². The molecule has 0 aliphatic rings. The fourth-order valence-corrected chi connectivity index (χ4v) is 3.66. The van der Waals surface area contributed by atoms with E-state index in [1.807, 2.05) is 0 Å². The fourth-order valence-electron chi connectivity index (χ4n) is 3.66. The summed E-state index contributed by atoms with van der Waals surface area (Å²) < 4.78 is 32.6. The second-order valence-electron chi connectivity index (χ2n) is 7.67. The van der Waals surface area contributed by atoms with Gasteiger partial charge in [-0.15, -0.1) is 0 Å². The minimum absolute atomic E-state index is 0.0540. The summed E-state index contributed by atoms with van der Waals surface area (Å²) in [7, 11) is 0. The Morgan fingerprint density at radius 1 is 0.943 bits per heavy atom. The first-order valence-corrected chi connectivity index (χ1v) is 10.8. The number of aromatic amines is 1. The summed E-state index contributed by atoms with van der Waals surface area (Å²) in [5.74, 6) is -5.26. The molecule has 3 aromatic carbocycles. The van der Waals surface area contributed by atoms with Crippen LogP contribution < -0.4 is 0 Å². The molecule has 176 valence electrons. The van der Waals surface area contributed by atoms with E-state index in [9.17, 15) is 23.2 Å². The van der Waals surface area contributed by atoms with Crippen LogP contribution in [0.25, 0.3) is 17.1 Å². The molecule has 8 heteroatoms. The molecular weight excluding hydrogens is 454 g/mol. The monoisotopic (exact) mass is 474 g/mol. The molecule has 0 aliphatic carbocycles. The molecule has 1 atom stereocenters. The summed E-state index contributed by atoms with van der Waals surface area (Å²) in [6, 6.07) is 15.7. The second kappa shape index (κ2) is 10.2. The van der Waals surface area contributed by atoms with Gasteiger partial charge in [-0.3, -0.25) is 9.59 Å². The number of carbonyl (C=O) groups is 3. The average Bonchev–Trinajstić information content (AvgIpc) is 3.26. The summed E-state index contributed by atoms with van der Waals surface area (Å²) in [4.78, 5) is 46.0. The van der Waals surface area contributed by atoms with Crippen molar-refractivity contribution in [2.24, 2.45) is 0 Å². The molecule has 1 N–H and O–H groups in total. The van der Waals surface area contributed by atoms with Gasteiger partial charge in [0, 0.05) is 23.3 Å². The van der Waals surface area contributed by atoms with E-state index in [0.29, 0.717) is 22.7 Å². The number of esters is 1. The van der Waals surface area contributed by atoms with Crippen molar-refractivity contribution in [1.82, 2.24) is 9.97 Å². The molecule has 4 rings (SSSR count). The van der Waals surface area contributed by atoms with Gasteiger partial charge in [-0.05, 0) is 48.9 Å². The van der Waals surface area contributed by atoms with Crippen LogP contribution in [0.1, 0.15) is 44.9 Å². The van der Waals surface area contributed by atoms with Crippen LogP contribution in [0.4, 0.5) is 8.78 Å². The van der Waals surface area contributed by atoms with Crippen LogP contribution in [-0.4, -0.2) is 34.1 Å². The van der Waals surface area contributed by atoms with Crippen molar-refractivity contribution in [3.63, 3.8) is 0 Å². The summed E-state index contributed by atoms with van der Waals surface area (Å²) >= 11 is 0. The fraction of sp³-hybridized carbons (Fsp3) is 0.111. The number of ketones is 2. The van der Waals surface area contributed by atoms with E-state index in [0.717, 1.165) is 12.1 Å². The van der Waals surface area contributed by atoms with E-state index in [-0.39, 0.29) is 23.6 Å². The molecular formula is C27H20F2N2O4. The van der Waals surface area contributed by atoms with Gasteiger partial charge in [0.15, 0.2) is 11.6 Å². The van der Waals surface area contributed by atoms with E-state index in [1.54, 1.807) is 43.3 Å². The van der Waals surface area contributed by atoms with Gasteiger partial charge in [0.05, 0.1) is 17.6 Å². The number of nitrogens with one attached hydrogen (secondary N) is 1. The summed E-state index contributed by atoms with van der Waals surface area (Å²) in [6.45, 7) is 1.91. The minimum atomic E-state index is -1.48. The lowest BCUT2D eigenvalue weighted by molar-refractivity contribution is -0.137. The number of para-hydroxylation sites is 2. The molecule has 0 spiro atoms. The number of imidazole rings is 1. The van der Waals surface area contributed by atoms with E-state index < -0.39 is 35.1 Å². The lowest BCUT2D eigenvalue weighted by Gasteiger charge is -2.14. The number of fused-ring (bicyclic) bond motifs is 1. The van der Waals surface area contributed by atoms with Gasteiger partial charge in [0.25, 0.3) is 0 Å². The van der Waals surface area contributed by atoms with Gasteiger partial charge in [0.2, 0.25) is 0 Å². The highest BCUT2D eigenvalue weighted by Crippen LogP contribution is 2.27. The number of hydrogen-bond donors (Lipinski definition) is 1. The molecule has 35 heavy (non-hydrogen) atoms. The number of benzene rings is 3. The third-order valence-corrected chi connectivity index (χ3v) is 5.22. The van der Waals surface area contributed by atoms with Gasteiger partial charge in [-0.2, -0.15) is 0 Å². The first kappa shape index (κ1) is 23.7. The van der Waals surface area contributed by atoms with Crippen molar-refractivity contribution < 1.29 is 27.9 Å². The number of carbonyl (C=O) groups excluding carboxylic acids is 3. The Balaban J connectivity index is 1.76. The summed E-state index contributed by atoms with van der Waals surface area (Å²) in [5, 5.41) is 0. The van der Waals surface area contributed by atoms with Crippen LogP contribution in [-0.2, 0) is 9.53 Å². The standard InChI is InChI=1S/C27H20F2N2O4/c1-2-35-23(32)11-10-16-6-5-7-17(12-16)25(33)24(26(34)18-13-19(28)15-20(29)14-18)27-30-21-8-3-4-9-22(21)31-27/h3-15,24H,2H2,1H3,(H,30,31). The van der Waals surface area contributed by atoms with E-state index in [2.05, 4.69) is 9.97 Å². The van der Waals surface area contributed by atoms with Gasteiger partial charge in [-0.1, -0.05) is 30.3 Å². The van der Waals surface area contributed by atoms with Crippen molar-refractivity contribution in [1.29, 1.82) is 0 Å². The van der Waals surface area contributed by atoms with E-state index >= 15 is 0 Å². The smallest absolute Gasteiger partial charge is 0.330 e. The Labute approximate surface area is 199 Å². The molecule has 0 fully saturated rings. The summed E-state index contributed by atoms with van der Waals surface area (Å²) in [5.41, 5.74) is 1.53. The SMILES string of the molecule is CCOC(=O)C=Cc1cccc(C(=O)C(C(=O)c2cc(F)cc(F)c2)c2nc3ccccc3[nH]2)c1. The minimum Gasteiger partial charge on any atom is -0.463 e. The van der Waals surface area contributed by atoms with Crippen molar-refractivity contribution in [2.45, 2.75) is 12.8 Å². The molecule has 0 saturated heterocycles. The number of H-pyrrole nitrogens is 1. The Bertz CT molecular complexity index is 1410. The number of nitrogens with zero attached hydrogens (tertiary/aromatic N) is 1. The first-order chi connectivity index (χ1) is 16.9. The second-order valence-corrected chi connectivity index (χ2v) is 7.67. The van der Waals surface area contributed by atoms with Crippen LogP contribution in [0.2, 0.25) is 0 Å². The van der Waals surface area contributed by atoms with Gasteiger partial charge in [-0.25, -0.2) is 18.6 Å². The molecule has 4 aromatic rings. The number of rotatable bonds is 8. The van der Waals surface area contributed by atoms with Crippen molar-refractivity contribution in [3.8, 4) is 0 Å². The highest BCUT2D eigenvalue weighted by Gasteiger charge is 2.33. The zero-order chi connectivity index (χ0) is 24.9.